The Morgan fingerprint density at radius 1 is 1.23 bits per heavy atom. The molecule has 6 heteroatoms. The molecular formula is C20H25ClN2O3. The summed E-state index contributed by atoms with van der Waals surface area (Å²) in [6.07, 6.45) is 0.812. The number of halogens is 1. The molecule has 0 heterocycles. The fraction of sp³-hybridized carbons (Fsp3) is 0.350. The van der Waals surface area contributed by atoms with Crippen LogP contribution in [-0.2, 0) is 11.3 Å². The standard InChI is InChI=1S/C20H25ClN2O3/c1-3-17(12-24)22-11-15-10-16(21)6-9-19(15)26-13-20(25)23-18-7-4-14(2)5-8-18/h4-10,17,22,24H,3,11-13H2,1-2H3,(H,23,25)/t17-/m1/s1. The minimum Gasteiger partial charge on any atom is -0.483 e. The number of hydrogen-bond acceptors (Lipinski definition) is 4. The molecule has 2 rings (SSSR count). The van der Waals surface area contributed by atoms with Gasteiger partial charge in [0.2, 0.25) is 0 Å². The van der Waals surface area contributed by atoms with Gasteiger partial charge in [0.15, 0.2) is 6.61 Å². The lowest BCUT2D eigenvalue weighted by Crippen LogP contribution is -2.31. The van der Waals surface area contributed by atoms with Crippen LogP contribution in [0.2, 0.25) is 5.02 Å². The molecule has 0 aliphatic heterocycles. The van der Waals surface area contributed by atoms with Crippen molar-refractivity contribution in [1.29, 1.82) is 0 Å². The van der Waals surface area contributed by atoms with Crippen molar-refractivity contribution in [1.82, 2.24) is 5.32 Å². The summed E-state index contributed by atoms with van der Waals surface area (Å²) in [5, 5.41) is 15.9. The average molecular weight is 377 g/mol. The zero-order chi connectivity index (χ0) is 18.9. The van der Waals surface area contributed by atoms with Gasteiger partial charge in [-0.25, -0.2) is 0 Å². The summed E-state index contributed by atoms with van der Waals surface area (Å²) in [4.78, 5) is 12.1. The lowest BCUT2D eigenvalue weighted by atomic mass is 10.1. The Morgan fingerprint density at radius 2 is 1.96 bits per heavy atom. The lowest BCUT2D eigenvalue weighted by molar-refractivity contribution is -0.118. The second-order valence-corrected chi connectivity index (χ2v) is 6.56. The van der Waals surface area contributed by atoms with Gasteiger partial charge in [0, 0.05) is 28.9 Å². The Kier molecular flexibility index (Phi) is 7.91. The van der Waals surface area contributed by atoms with Crippen LogP contribution in [0.1, 0.15) is 24.5 Å². The second-order valence-electron chi connectivity index (χ2n) is 6.12. The number of ether oxygens (including phenoxy) is 1. The molecule has 2 aromatic carbocycles. The van der Waals surface area contributed by atoms with Crippen molar-refractivity contribution in [2.75, 3.05) is 18.5 Å². The number of anilines is 1. The van der Waals surface area contributed by atoms with Gasteiger partial charge in [0.25, 0.3) is 5.91 Å². The Hall–Kier alpha value is -2.08. The third-order valence-corrected chi connectivity index (χ3v) is 4.25. The summed E-state index contributed by atoms with van der Waals surface area (Å²) in [6.45, 7) is 4.45. The van der Waals surface area contributed by atoms with E-state index in [1.807, 2.05) is 38.1 Å². The number of aliphatic hydroxyl groups excluding tert-OH is 1. The fourth-order valence-electron chi connectivity index (χ4n) is 2.40. The molecule has 0 unspecified atom stereocenters. The largest absolute Gasteiger partial charge is 0.483 e. The van der Waals surface area contributed by atoms with Gasteiger partial charge in [-0.05, 0) is 43.7 Å². The fourth-order valence-corrected chi connectivity index (χ4v) is 2.59. The molecule has 1 amide bonds. The zero-order valence-corrected chi connectivity index (χ0v) is 15.8. The first-order chi connectivity index (χ1) is 12.5. The van der Waals surface area contributed by atoms with Gasteiger partial charge in [-0.1, -0.05) is 36.2 Å². The van der Waals surface area contributed by atoms with Gasteiger partial charge in [-0.3, -0.25) is 4.79 Å². The number of benzene rings is 2. The summed E-state index contributed by atoms with van der Waals surface area (Å²) in [5.74, 6) is 0.359. The van der Waals surface area contributed by atoms with Crippen molar-refractivity contribution in [3.8, 4) is 5.75 Å². The number of hydrogen-bond donors (Lipinski definition) is 3. The number of carbonyl (C=O) groups excluding carboxylic acids is 1. The zero-order valence-electron chi connectivity index (χ0n) is 15.1. The molecule has 26 heavy (non-hydrogen) atoms. The molecule has 0 aliphatic carbocycles. The molecular weight excluding hydrogens is 352 g/mol. The third kappa shape index (κ3) is 6.33. The topological polar surface area (TPSA) is 70.6 Å². The minimum absolute atomic E-state index is 0.00617. The molecule has 0 aromatic heterocycles. The van der Waals surface area contributed by atoms with Gasteiger partial charge in [0.05, 0.1) is 6.61 Å². The number of aryl methyl sites for hydroxylation is 1. The molecule has 5 nitrogen and oxygen atoms in total. The van der Waals surface area contributed by atoms with Crippen LogP contribution in [0.5, 0.6) is 5.75 Å². The number of carbonyl (C=O) groups is 1. The Labute approximate surface area is 159 Å². The van der Waals surface area contributed by atoms with Crippen LogP contribution >= 0.6 is 11.6 Å². The minimum atomic E-state index is -0.232. The molecule has 2 aromatic rings. The summed E-state index contributed by atoms with van der Waals surface area (Å²) in [5.41, 5.74) is 2.70. The summed E-state index contributed by atoms with van der Waals surface area (Å²) >= 11 is 6.07. The molecule has 0 spiro atoms. The van der Waals surface area contributed by atoms with Crippen LogP contribution in [0.15, 0.2) is 42.5 Å². The summed E-state index contributed by atoms with van der Waals surface area (Å²) in [7, 11) is 0. The number of amides is 1. The van der Waals surface area contributed by atoms with E-state index in [0.717, 1.165) is 23.2 Å². The van der Waals surface area contributed by atoms with Crippen molar-refractivity contribution in [3.63, 3.8) is 0 Å². The maximum absolute atomic E-state index is 12.1. The second kappa shape index (κ2) is 10.2. The Morgan fingerprint density at radius 3 is 2.62 bits per heavy atom. The van der Waals surface area contributed by atoms with Crippen LogP contribution in [0.3, 0.4) is 0 Å². The maximum Gasteiger partial charge on any atom is 0.262 e. The lowest BCUT2D eigenvalue weighted by Gasteiger charge is -2.17. The van der Waals surface area contributed by atoms with Crippen molar-refractivity contribution < 1.29 is 14.6 Å². The number of nitrogens with one attached hydrogen (secondary N) is 2. The van der Waals surface area contributed by atoms with E-state index < -0.39 is 0 Å². The first kappa shape index (κ1) is 20.2. The maximum atomic E-state index is 12.1. The van der Waals surface area contributed by atoms with Crippen LogP contribution in [0, 0.1) is 6.92 Å². The molecule has 0 bridgehead atoms. The Balaban J connectivity index is 1.95. The molecule has 140 valence electrons. The van der Waals surface area contributed by atoms with Crippen LogP contribution in [0.25, 0.3) is 0 Å². The molecule has 0 radical (unpaired) electrons. The number of aliphatic hydroxyl groups is 1. The van der Waals surface area contributed by atoms with E-state index in [1.54, 1.807) is 18.2 Å². The Bertz CT molecular complexity index is 715. The summed E-state index contributed by atoms with van der Waals surface area (Å²) < 4.78 is 5.68. The van der Waals surface area contributed by atoms with E-state index in [0.29, 0.717) is 17.3 Å². The van der Waals surface area contributed by atoms with Crippen LogP contribution in [0.4, 0.5) is 5.69 Å². The van der Waals surface area contributed by atoms with Gasteiger partial charge >= 0.3 is 0 Å². The van der Waals surface area contributed by atoms with Gasteiger partial charge in [-0.2, -0.15) is 0 Å². The molecule has 0 saturated carbocycles. The van der Waals surface area contributed by atoms with E-state index >= 15 is 0 Å². The highest BCUT2D eigenvalue weighted by atomic mass is 35.5. The molecule has 3 N–H and O–H groups in total. The SMILES string of the molecule is CC[C@H](CO)NCc1cc(Cl)ccc1OCC(=O)Nc1ccc(C)cc1. The molecule has 1 atom stereocenters. The van der Waals surface area contributed by atoms with Crippen LogP contribution in [-0.4, -0.2) is 30.3 Å². The van der Waals surface area contributed by atoms with E-state index in [9.17, 15) is 9.90 Å². The first-order valence-electron chi connectivity index (χ1n) is 8.63. The van der Waals surface area contributed by atoms with Crippen molar-refractivity contribution in [2.24, 2.45) is 0 Å². The monoisotopic (exact) mass is 376 g/mol. The van der Waals surface area contributed by atoms with E-state index in [4.69, 9.17) is 16.3 Å². The predicted molar refractivity (Wildman–Crippen MR) is 105 cm³/mol. The average Bonchev–Trinajstić information content (AvgIpc) is 2.64. The molecule has 0 fully saturated rings. The van der Waals surface area contributed by atoms with Crippen molar-refractivity contribution >= 4 is 23.2 Å². The third-order valence-electron chi connectivity index (χ3n) is 4.01. The highest BCUT2D eigenvalue weighted by Crippen LogP contribution is 2.23. The number of rotatable bonds is 9. The normalized spacial score (nSPS) is 11.8. The van der Waals surface area contributed by atoms with Gasteiger partial charge in [-0.15, -0.1) is 0 Å². The smallest absolute Gasteiger partial charge is 0.262 e. The highest BCUT2D eigenvalue weighted by Gasteiger charge is 2.10. The van der Waals surface area contributed by atoms with Crippen LogP contribution < -0.4 is 15.4 Å². The van der Waals surface area contributed by atoms with E-state index in [-0.39, 0.29) is 25.2 Å². The quantitative estimate of drug-likeness (QED) is 0.626. The first-order valence-corrected chi connectivity index (χ1v) is 9.01. The van der Waals surface area contributed by atoms with Gasteiger partial charge in [0.1, 0.15) is 5.75 Å². The van der Waals surface area contributed by atoms with Crippen molar-refractivity contribution in [3.05, 3.63) is 58.6 Å². The molecule has 0 saturated heterocycles. The predicted octanol–water partition coefficient (Wildman–Crippen LogP) is 3.53. The highest BCUT2D eigenvalue weighted by molar-refractivity contribution is 6.30. The van der Waals surface area contributed by atoms with E-state index in [1.165, 1.54) is 0 Å². The van der Waals surface area contributed by atoms with Gasteiger partial charge < -0.3 is 20.5 Å². The summed E-state index contributed by atoms with van der Waals surface area (Å²) in [6, 6.07) is 12.9. The van der Waals surface area contributed by atoms with E-state index in [2.05, 4.69) is 10.6 Å². The van der Waals surface area contributed by atoms with Crippen molar-refractivity contribution in [2.45, 2.75) is 32.9 Å². The molecule has 0 aliphatic rings.